The first-order chi connectivity index (χ1) is 14.6. The van der Waals surface area contributed by atoms with E-state index in [-0.39, 0.29) is 6.04 Å². The molecule has 2 heterocycles. The van der Waals surface area contributed by atoms with Crippen LogP contribution < -0.4 is 9.47 Å². The number of nitrogens with zero attached hydrogens (tertiary/aromatic N) is 3. The summed E-state index contributed by atoms with van der Waals surface area (Å²) in [6, 6.07) is 14.8. The minimum atomic E-state index is 0.0789. The second kappa shape index (κ2) is 8.88. The molecule has 0 fully saturated rings. The molecule has 1 aromatic heterocycles. The molecule has 1 aliphatic rings. The third-order valence-electron chi connectivity index (χ3n) is 5.53. The van der Waals surface area contributed by atoms with E-state index in [0.29, 0.717) is 18.4 Å². The van der Waals surface area contributed by atoms with Gasteiger partial charge in [-0.2, -0.15) is 4.98 Å². The highest BCUT2D eigenvalue weighted by molar-refractivity contribution is 5.51. The quantitative estimate of drug-likeness (QED) is 0.577. The molecule has 0 unspecified atom stereocenters. The summed E-state index contributed by atoms with van der Waals surface area (Å²) in [5.41, 5.74) is 3.74. The summed E-state index contributed by atoms with van der Waals surface area (Å²) in [5, 5.41) is 4.16. The van der Waals surface area contributed by atoms with E-state index in [2.05, 4.69) is 65.3 Å². The highest BCUT2D eigenvalue weighted by Gasteiger charge is 2.31. The molecule has 1 atom stereocenters. The van der Waals surface area contributed by atoms with Gasteiger partial charge in [0.1, 0.15) is 0 Å². The molecule has 2 aromatic carbocycles. The monoisotopic (exact) mass is 407 g/mol. The van der Waals surface area contributed by atoms with Gasteiger partial charge < -0.3 is 14.0 Å². The van der Waals surface area contributed by atoms with Gasteiger partial charge in [0.25, 0.3) is 0 Å². The minimum absolute atomic E-state index is 0.0789. The summed E-state index contributed by atoms with van der Waals surface area (Å²) in [6.45, 7) is 5.82. The van der Waals surface area contributed by atoms with E-state index < -0.39 is 0 Å². The Morgan fingerprint density at radius 3 is 2.53 bits per heavy atom. The smallest absolute Gasteiger partial charge is 0.240 e. The molecule has 30 heavy (non-hydrogen) atoms. The number of ether oxygens (including phenoxy) is 2. The van der Waals surface area contributed by atoms with Crippen molar-refractivity contribution in [1.29, 1.82) is 0 Å². The molecule has 4 rings (SSSR count). The Bertz CT molecular complexity index is 985. The Morgan fingerprint density at radius 1 is 1.10 bits per heavy atom. The fraction of sp³-hybridized carbons (Fsp3) is 0.417. The maximum Gasteiger partial charge on any atom is 0.240 e. The molecule has 6 nitrogen and oxygen atoms in total. The predicted molar refractivity (Wildman–Crippen MR) is 115 cm³/mol. The molecule has 0 bridgehead atoms. The van der Waals surface area contributed by atoms with Crippen molar-refractivity contribution < 1.29 is 14.0 Å². The van der Waals surface area contributed by atoms with Crippen LogP contribution in [0.2, 0.25) is 0 Å². The van der Waals surface area contributed by atoms with E-state index in [1.807, 2.05) is 6.07 Å². The SMILES string of the molecule is COc1cc2c(cc1OC)[C@H](c1ccccc1)N(Cc1nc(CC(C)C)no1)CC2. The maximum absolute atomic E-state index is 5.60. The first kappa shape index (κ1) is 20.4. The van der Waals surface area contributed by atoms with E-state index in [0.717, 1.165) is 36.7 Å². The molecule has 0 spiro atoms. The van der Waals surface area contributed by atoms with Gasteiger partial charge in [-0.3, -0.25) is 4.90 Å². The van der Waals surface area contributed by atoms with Crippen LogP contribution in [0, 0.1) is 5.92 Å². The number of fused-ring (bicyclic) bond motifs is 1. The zero-order chi connectivity index (χ0) is 21.1. The standard InChI is InChI=1S/C24H29N3O3/c1-16(2)12-22-25-23(30-26-22)15-27-11-10-18-13-20(28-3)21(29-4)14-19(18)24(27)17-8-6-5-7-9-17/h5-9,13-14,16,24H,10-12,15H2,1-4H3/t24-/m0/s1. The van der Waals surface area contributed by atoms with Crippen molar-refractivity contribution in [3.05, 3.63) is 70.9 Å². The van der Waals surface area contributed by atoms with Crippen molar-refractivity contribution in [1.82, 2.24) is 15.0 Å². The Kier molecular flexibility index (Phi) is 6.04. The second-order valence-corrected chi connectivity index (χ2v) is 8.14. The van der Waals surface area contributed by atoms with E-state index in [1.54, 1.807) is 14.2 Å². The van der Waals surface area contributed by atoms with Crippen LogP contribution in [0.5, 0.6) is 11.5 Å². The van der Waals surface area contributed by atoms with Gasteiger partial charge in [0.15, 0.2) is 17.3 Å². The van der Waals surface area contributed by atoms with Crippen molar-refractivity contribution in [3.63, 3.8) is 0 Å². The minimum Gasteiger partial charge on any atom is -0.493 e. The van der Waals surface area contributed by atoms with E-state index in [9.17, 15) is 0 Å². The number of hydrogen-bond donors (Lipinski definition) is 0. The third-order valence-corrected chi connectivity index (χ3v) is 5.53. The van der Waals surface area contributed by atoms with Crippen LogP contribution in [0.1, 0.15) is 48.3 Å². The topological polar surface area (TPSA) is 60.6 Å². The fourth-order valence-corrected chi connectivity index (χ4v) is 4.17. The average molecular weight is 408 g/mol. The van der Waals surface area contributed by atoms with Crippen LogP contribution in [0.3, 0.4) is 0 Å². The van der Waals surface area contributed by atoms with Crippen molar-refractivity contribution in [2.75, 3.05) is 20.8 Å². The second-order valence-electron chi connectivity index (χ2n) is 8.14. The van der Waals surface area contributed by atoms with Gasteiger partial charge in [-0.1, -0.05) is 49.3 Å². The Labute approximate surface area is 177 Å². The van der Waals surface area contributed by atoms with E-state index in [1.165, 1.54) is 16.7 Å². The molecule has 0 saturated carbocycles. The van der Waals surface area contributed by atoms with Crippen LogP contribution >= 0.6 is 0 Å². The van der Waals surface area contributed by atoms with Gasteiger partial charge in [0, 0.05) is 13.0 Å². The molecule has 0 aliphatic carbocycles. The lowest BCUT2D eigenvalue weighted by Gasteiger charge is -2.37. The molecular formula is C24H29N3O3. The zero-order valence-corrected chi connectivity index (χ0v) is 18.1. The van der Waals surface area contributed by atoms with E-state index in [4.69, 9.17) is 14.0 Å². The molecule has 0 radical (unpaired) electrons. The van der Waals surface area contributed by atoms with Gasteiger partial charge in [-0.25, -0.2) is 0 Å². The van der Waals surface area contributed by atoms with Crippen LogP contribution in [0.15, 0.2) is 47.0 Å². The van der Waals surface area contributed by atoms with Gasteiger partial charge in [-0.05, 0) is 41.2 Å². The van der Waals surface area contributed by atoms with Gasteiger partial charge in [0.05, 0.1) is 26.8 Å². The summed E-state index contributed by atoms with van der Waals surface area (Å²) >= 11 is 0. The molecule has 6 heteroatoms. The highest BCUT2D eigenvalue weighted by atomic mass is 16.5. The number of benzene rings is 2. The van der Waals surface area contributed by atoms with Gasteiger partial charge in [-0.15, -0.1) is 0 Å². The van der Waals surface area contributed by atoms with Crippen LogP contribution in [0.25, 0.3) is 0 Å². The molecular weight excluding hydrogens is 378 g/mol. The largest absolute Gasteiger partial charge is 0.493 e. The Morgan fingerprint density at radius 2 is 1.83 bits per heavy atom. The Balaban J connectivity index is 1.70. The highest BCUT2D eigenvalue weighted by Crippen LogP contribution is 2.41. The van der Waals surface area contributed by atoms with E-state index >= 15 is 0 Å². The average Bonchev–Trinajstić information content (AvgIpc) is 3.19. The molecule has 1 aliphatic heterocycles. The van der Waals surface area contributed by atoms with Crippen molar-refractivity contribution >= 4 is 0 Å². The van der Waals surface area contributed by atoms with Gasteiger partial charge in [0.2, 0.25) is 5.89 Å². The fourth-order valence-electron chi connectivity index (χ4n) is 4.17. The van der Waals surface area contributed by atoms with Crippen molar-refractivity contribution in [2.45, 2.75) is 39.3 Å². The lowest BCUT2D eigenvalue weighted by atomic mass is 9.87. The van der Waals surface area contributed by atoms with Crippen LogP contribution in [-0.2, 0) is 19.4 Å². The maximum atomic E-state index is 5.60. The number of methoxy groups -OCH3 is 2. The Hall–Kier alpha value is -2.86. The summed E-state index contributed by atoms with van der Waals surface area (Å²) in [4.78, 5) is 7.02. The first-order valence-electron chi connectivity index (χ1n) is 10.4. The molecule has 0 amide bonds. The molecule has 0 N–H and O–H groups in total. The number of hydrogen-bond acceptors (Lipinski definition) is 6. The zero-order valence-electron chi connectivity index (χ0n) is 18.1. The lowest BCUT2D eigenvalue weighted by molar-refractivity contribution is 0.177. The summed E-state index contributed by atoms with van der Waals surface area (Å²) in [5.74, 6) is 3.45. The number of rotatable bonds is 7. The number of aromatic nitrogens is 2. The lowest BCUT2D eigenvalue weighted by Crippen LogP contribution is -2.35. The summed E-state index contributed by atoms with van der Waals surface area (Å²) in [6.07, 6.45) is 1.75. The van der Waals surface area contributed by atoms with Crippen LogP contribution in [-0.4, -0.2) is 35.8 Å². The summed E-state index contributed by atoms with van der Waals surface area (Å²) < 4.78 is 16.7. The first-order valence-corrected chi connectivity index (χ1v) is 10.4. The normalized spacial score (nSPS) is 16.5. The molecule has 0 saturated heterocycles. The summed E-state index contributed by atoms with van der Waals surface area (Å²) in [7, 11) is 3.36. The third kappa shape index (κ3) is 4.19. The molecule has 3 aromatic rings. The predicted octanol–water partition coefficient (Wildman–Crippen LogP) is 4.43. The van der Waals surface area contributed by atoms with Crippen LogP contribution in [0.4, 0.5) is 0 Å². The van der Waals surface area contributed by atoms with Crippen molar-refractivity contribution in [3.8, 4) is 11.5 Å². The van der Waals surface area contributed by atoms with Gasteiger partial charge >= 0.3 is 0 Å². The molecule has 158 valence electrons. The van der Waals surface area contributed by atoms with Crippen molar-refractivity contribution in [2.24, 2.45) is 5.92 Å².